The summed E-state index contributed by atoms with van der Waals surface area (Å²) in [6, 6.07) is 13.1. The fraction of sp³-hybridized carbons (Fsp3) is 0.143. The third kappa shape index (κ3) is 2.69. The molecule has 1 unspecified atom stereocenters. The van der Waals surface area contributed by atoms with E-state index in [1.165, 1.54) is 35.6 Å². The molecule has 0 aliphatic carbocycles. The predicted octanol–water partition coefficient (Wildman–Crippen LogP) is 5.61. The minimum Gasteiger partial charge on any atom is -0.316 e. The zero-order chi connectivity index (χ0) is 19.3. The van der Waals surface area contributed by atoms with Crippen molar-refractivity contribution < 1.29 is 14.0 Å². The Kier molecular flexibility index (Phi) is 4.17. The van der Waals surface area contributed by atoms with Crippen molar-refractivity contribution in [3.8, 4) is 11.1 Å². The van der Waals surface area contributed by atoms with Gasteiger partial charge in [-0.25, -0.2) is 4.39 Å². The normalized spacial score (nSPS) is 19.0. The second-order valence-corrected chi connectivity index (χ2v) is 8.36. The number of fused-ring (bicyclic) bond motifs is 1. The van der Waals surface area contributed by atoms with E-state index in [9.17, 15) is 14.0 Å². The molecular formula is C21H15ClFNO2S. The first-order valence-electron chi connectivity index (χ1n) is 8.34. The molecule has 6 heteroatoms. The number of rotatable bonds is 2. The molecule has 0 bridgehead atoms. The lowest BCUT2D eigenvalue weighted by molar-refractivity contribution is -0.119. The van der Waals surface area contributed by atoms with Crippen LogP contribution in [0.25, 0.3) is 11.1 Å². The van der Waals surface area contributed by atoms with Gasteiger partial charge in [0, 0.05) is 5.56 Å². The maximum Gasteiger partial charge on any atom is 0.243 e. The molecule has 0 radical (unpaired) electrons. The van der Waals surface area contributed by atoms with Crippen LogP contribution in [0, 0.1) is 12.7 Å². The number of ketones is 1. The van der Waals surface area contributed by atoms with E-state index in [2.05, 4.69) is 5.32 Å². The summed E-state index contributed by atoms with van der Waals surface area (Å²) in [5.74, 6) is -1.21. The minimum absolute atomic E-state index is 0.341. The van der Waals surface area contributed by atoms with Crippen LogP contribution in [-0.4, -0.2) is 11.7 Å². The summed E-state index contributed by atoms with van der Waals surface area (Å²) in [6.45, 7) is 3.54. The van der Waals surface area contributed by atoms with Crippen LogP contribution in [0.5, 0.6) is 0 Å². The van der Waals surface area contributed by atoms with E-state index in [-0.39, 0.29) is 5.78 Å². The molecule has 1 amide bonds. The lowest BCUT2D eigenvalue weighted by Crippen LogP contribution is -2.48. The highest BCUT2D eigenvalue weighted by Crippen LogP contribution is 2.49. The van der Waals surface area contributed by atoms with E-state index in [4.69, 9.17) is 11.6 Å². The van der Waals surface area contributed by atoms with Gasteiger partial charge in [0.15, 0.2) is 5.78 Å². The Balaban J connectivity index is 1.91. The van der Waals surface area contributed by atoms with Gasteiger partial charge in [0.25, 0.3) is 0 Å². The van der Waals surface area contributed by atoms with Crippen LogP contribution in [-0.2, 0) is 10.2 Å². The van der Waals surface area contributed by atoms with Gasteiger partial charge in [-0.2, -0.15) is 0 Å². The molecular weight excluding hydrogens is 385 g/mol. The fourth-order valence-corrected chi connectivity index (χ4v) is 4.69. The van der Waals surface area contributed by atoms with Crippen molar-refractivity contribution in [2.75, 3.05) is 5.32 Å². The first-order valence-corrected chi connectivity index (χ1v) is 9.53. The second kappa shape index (κ2) is 6.29. The standard InChI is InChI=1S/C21H15ClFNO2S/c1-11-3-5-12(6-4-11)15-16-17(25)21(2,13-7-9-14(23)10-8-13)20(26)24-19(16)27-18(15)22/h3-10H,1-2H3,(H,24,26). The highest BCUT2D eigenvalue weighted by atomic mass is 35.5. The van der Waals surface area contributed by atoms with Gasteiger partial charge in [-0.1, -0.05) is 53.6 Å². The van der Waals surface area contributed by atoms with Gasteiger partial charge in [-0.05, 0) is 37.1 Å². The van der Waals surface area contributed by atoms with E-state index in [0.29, 0.717) is 26.0 Å². The molecule has 2 aromatic carbocycles. The quantitative estimate of drug-likeness (QED) is 0.569. The number of anilines is 1. The Hall–Kier alpha value is -2.50. The largest absolute Gasteiger partial charge is 0.316 e. The van der Waals surface area contributed by atoms with Crippen LogP contribution < -0.4 is 5.32 Å². The van der Waals surface area contributed by atoms with E-state index in [1.54, 1.807) is 6.92 Å². The smallest absolute Gasteiger partial charge is 0.243 e. The Bertz CT molecular complexity index is 1070. The predicted molar refractivity (Wildman–Crippen MR) is 106 cm³/mol. The van der Waals surface area contributed by atoms with Crippen molar-refractivity contribution in [2.24, 2.45) is 0 Å². The minimum atomic E-state index is -1.45. The topological polar surface area (TPSA) is 46.2 Å². The zero-order valence-electron chi connectivity index (χ0n) is 14.6. The highest BCUT2D eigenvalue weighted by molar-refractivity contribution is 7.21. The number of benzene rings is 2. The molecule has 3 aromatic rings. The molecule has 2 heterocycles. The van der Waals surface area contributed by atoms with Crippen LogP contribution in [0.4, 0.5) is 9.39 Å². The molecule has 3 nitrogen and oxygen atoms in total. The van der Waals surface area contributed by atoms with Crippen LogP contribution in [0.2, 0.25) is 4.34 Å². The molecule has 1 aromatic heterocycles. The maximum absolute atomic E-state index is 13.5. The van der Waals surface area contributed by atoms with E-state index in [0.717, 1.165) is 11.1 Å². The average molecular weight is 400 g/mol. The number of halogens is 2. The third-order valence-electron chi connectivity index (χ3n) is 4.99. The molecule has 0 spiro atoms. The van der Waals surface area contributed by atoms with Gasteiger partial charge in [-0.15, -0.1) is 11.3 Å². The number of nitrogens with one attached hydrogen (secondary N) is 1. The van der Waals surface area contributed by atoms with E-state index < -0.39 is 17.1 Å². The fourth-order valence-electron chi connectivity index (χ4n) is 3.31. The SMILES string of the molecule is Cc1ccc(-c2c(Cl)sc3c2C(=O)C(C)(c2ccc(F)cc2)C(=O)N3)cc1. The van der Waals surface area contributed by atoms with Crippen LogP contribution >= 0.6 is 22.9 Å². The van der Waals surface area contributed by atoms with Crippen molar-refractivity contribution >= 4 is 39.6 Å². The summed E-state index contributed by atoms with van der Waals surface area (Å²) in [4.78, 5) is 26.3. The second-order valence-electron chi connectivity index (χ2n) is 6.74. The number of hydrogen-bond donors (Lipinski definition) is 1. The molecule has 136 valence electrons. The van der Waals surface area contributed by atoms with E-state index >= 15 is 0 Å². The molecule has 1 aliphatic rings. The van der Waals surface area contributed by atoms with Crippen molar-refractivity contribution in [1.29, 1.82) is 0 Å². The first kappa shape index (κ1) is 17.9. The summed E-state index contributed by atoms with van der Waals surface area (Å²) in [5, 5.41) is 3.27. The van der Waals surface area contributed by atoms with E-state index in [1.807, 2.05) is 31.2 Å². The number of thiophene rings is 1. The lowest BCUT2D eigenvalue weighted by atomic mass is 9.73. The molecule has 1 aliphatic heterocycles. The molecule has 27 heavy (non-hydrogen) atoms. The Morgan fingerprint density at radius 2 is 1.63 bits per heavy atom. The number of carbonyl (C=O) groups is 2. The van der Waals surface area contributed by atoms with Gasteiger partial charge in [0.1, 0.15) is 20.6 Å². The summed E-state index contributed by atoms with van der Waals surface area (Å²) >= 11 is 7.62. The number of aryl methyl sites for hydroxylation is 1. The van der Waals surface area contributed by atoms with Crippen molar-refractivity contribution in [2.45, 2.75) is 19.3 Å². The zero-order valence-corrected chi connectivity index (χ0v) is 16.2. The van der Waals surface area contributed by atoms with Crippen molar-refractivity contribution in [3.05, 3.63) is 75.4 Å². The summed E-state index contributed by atoms with van der Waals surface area (Å²) in [7, 11) is 0. The van der Waals surface area contributed by atoms with Crippen molar-refractivity contribution in [3.63, 3.8) is 0 Å². The summed E-state index contributed by atoms with van der Waals surface area (Å²) in [6.07, 6.45) is 0. The van der Waals surface area contributed by atoms with Crippen molar-refractivity contribution in [1.82, 2.24) is 0 Å². The summed E-state index contributed by atoms with van der Waals surface area (Å²) in [5.41, 5.74) is 1.91. The van der Waals surface area contributed by atoms with Crippen LogP contribution in [0.15, 0.2) is 48.5 Å². The monoisotopic (exact) mass is 399 g/mol. The number of carbonyl (C=O) groups excluding carboxylic acids is 2. The molecule has 0 fully saturated rings. The average Bonchev–Trinajstić information content (AvgIpc) is 2.97. The molecule has 4 rings (SSSR count). The molecule has 1 N–H and O–H groups in total. The molecule has 1 atom stereocenters. The Morgan fingerprint density at radius 1 is 1.00 bits per heavy atom. The summed E-state index contributed by atoms with van der Waals surface area (Å²) < 4.78 is 13.8. The molecule has 0 saturated heterocycles. The first-order chi connectivity index (χ1) is 12.8. The number of amides is 1. The van der Waals surface area contributed by atoms with Crippen LogP contribution in [0.1, 0.15) is 28.4 Å². The molecule has 0 saturated carbocycles. The highest BCUT2D eigenvalue weighted by Gasteiger charge is 2.49. The van der Waals surface area contributed by atoms with Gasteiger partial charge in [0.05, 0.1) is 5.56 Å². The van der Waals surface area contributed by atoms with Gasteiger partial charge < -0.3 is 5.32 Å². The van der Waals surface area contributed by atoms with Gasteiger partial charge in [0.2, 0.25) is 5.91 Å². The van der Waals surface area contributed by atoms with Gasteiger partial charge >= 0.3 is 0 Å². The lowest BCUT2D eigenvalue weighted by Gasteiger charge is -2.31. The number of hydrogen-bond acceptors (Lipinski definition) is 3. The Labute approximate surface area is 164 Å². The maximum atomic E-state index is 13.5. The third-order valence-corrected chi connectivity index (χ3v) is 6.30. The van der Waals surface area contributed by atoms with Gasteiger partial charge in [-0.3, -0.25) is 9.59 Å². The van der Waals surface area contributed by atoms with Crippen LogP contribution in [0.3, 0.4) is 0 Å². The Morgan fingerprint density at radius 3 is 2.26 bits per heavy atom. The number of Topliss-reactive ketones (excluding diaryl/α,β-unsaturated/α-hetero) is 1.